The summed E-state index contributed by atoms with van der Waals surface area (Å²) in [4.78, 5) is 21.9. The first-order chi connectivity index (χ1) is 12.1. The highest BCUT2D eigenvalue weighted by molar-refractivity contribution is 8.04. The maximum Gasteiger partial charge on any atom is 0.247 e. The molecule has 0 radical (unpaired) electrons. The third-order valence-corrected chi connectivity index (χ3v) is 5.80. The number of para-hydroxylation sites is 1. The first-order valence-electron chi connectivity index (χ1n) is 8.20. The minimum absolute atomic E-state index is 0.0427. The number of piperazine rings is 1. The highest BCUT2D eigenvalue weighted by atomic mass is 35.5. The summed E-state index contributed by atoms with van der Waals surface area (Å²) >= 11 is 13.8. The summed E-state index contributed by atoms with van der Waals surface area (Å²) < 4.78 is 0. The monoisotopic (exact) mass is 398 g/mol. The zero-order valence-electron chi connectivity index (χ0n) is 13.9. The Labute approximate surface area is 162 Å². The smallest absolute Gasteiger partial charge is 0.247 e. The van der Waals surface area contributed by atoms with E-state index in [9.17, 15) is 4.79 Å². The third-order valence-electron chi connectivity index (χ3n) is 4.21. The van der Waals surface area contributed by atoms with Crippen LogP contribution in [0.25, 0.3) is 0 Å². The summed E-state index contributed by atoms with van der Waals surface area (Å²) in [5.74, 6) is 0.0427. The summed E-state index contributed by atoms with van der Waals surface area (Å²) in [6, 6.07) is 5.34. The number of carbonyl (C=O) groups is 1. The molecule has 2 aliphatic rings. The van der Waals surface area contributed by atoms with Crippen molar-refractivity contribution in [2.24, 2.45) is 4.99 Å². The number of hydrogen-bond donors (Lipinski definition) is 1. The molecule has 25 heavy (non-hydrogen) atoms. The lowest BCUT2D eigenvalue weighted by molar-refractivity contribution is -0.127. The van der Waals surface area contributed by atoms with Gasteiger partial charge >= 0.3 is 0 Å². The van der Waals surface area contributed by atoms with Crippen molar-refractivity contribution in [3.63, 3.8) is 0 Å². The number of hydrogen-bond acceptors (Lipinski definition) is 5. The largest absolute Gasteiger partial charge is 0.353 e. The molecule has 3 rings (SSSR count). The SMILES string of the molecule is CCN1CCN(C(=O)C=C2C=NC(Nc3c(Cl)cccc3Cl)S2)CC1. The van der Waals surface area contributed by atoms with Crippen molar-refractivity contribution < 1.29 is 4.79 Å². The van der Waals surface area contributed by atoms with E-state index in [4.69, 9.17) is 23.2 Å². The van der Waals surface area contributed by atoms with Crippen LogP contribution in [0.15, 0.2) is 34.2 Å². The number of rotatable bonds is 4. The van der Waals surface area contributed by atoms with E-state index >= 15 is 0 Å². The van der Waals surface area contributed by atoms with Gasteiger partial charge in [0.1, 0.15) is 0 Å². The minimum atomic E-state index is -0.242. The summed E-state index contributed by atoms with van der Waals surface area (Å²) in [6.45, 7) is 6.58. The molecule has 1 atom stereocenters. The molecule has 1 saturated heterocycles. The van der Waals surface area contributed by atoms with Gasteiger partial charge in [0.05, 0.1) is 15.7 Å². The summed E-state index contributed by atoms with van der Waals surface area (Å²) in [6.07, 6.45) is 3.37. The van der Waals surface area contributed by atoms with Gasteiger partial charge in [0.25, 0.3) is 0 Å². The number of benzene rings is 1. The number of nitrogens with one attached hydrogen (secondary N) is 1. The number of halogens is 2. The Morgan fingerprint density at radius 1 is 1.32 bits per heavy atom. The first-order valence-corrected chi connectivity index (χ1v) is 9.83. The molecule has 0 spiro atoms. The van der Waals surface area contributed by atoms with Gasteiger partial charge < -0.3 is 15.1 Å². The predicted molar refractivity (Wildman–Crippen MR) is 107 cm³/mol. The highest BCUT2D eigenvalue weighted by Gasteiger charge is 2.22. The third kappa shape index (κ3) is 4.70. The van der Waals surface area contributed by atoms with Crippen molar-refractivity contribution >= 4 is 52.8 Å². The van der Waals surface area contributed by atoms with Crippen molar-refractivity contribution in [2.75, 3.05) is 38.0 Å². The van der Waals surface area contributed by atoms with E-state index in [0.29, 0.717) is 15.7 Å². The second-order valence-electron chi connectivity index (χ2n) is 5.80. The van der Waals surface area contributed by atoms with Gasteiger partial charge in [-0.1, -0.05) is 48.0 Å². The van der Waals surface area contributed by atoms with E-state index in [1.165, 1.54) is 11.8 Å². The molecule has 0 saturated carbocycles. The molecule has 2 aliphatic heterocycles. The van der Waals surface area contributed by atoms with Crippen molar-refractivity contribution in [3.05, 3.63) is 39.2 Å². The molecule has 1 amide bonds. The fourth-order valence-electron chi connectivity index (χ4n) is 2.73. The lowest BCUT2D eigenvalue weighted by atomic mass is 10.3. The Morgan fingerprint density at radius 3 is 2.64 bits per heavy atom. The lowest BCUT2D eigenvalue weighted by Crippen LogP contribution is -2.48. The molecule has 0 aliphatic carbocycles. The van der Waals surface area contributed by atoms with Crippen LogP contribution in [0.5, 0.6) is 0 Å². The zero-order valence-corrected chi connectivity index (χ0v) is 16.2. The summed E-state index contributed by atoms with van der Waals surface area (Å²) in [5.41, 5.74) is 0.414. The Bertz CT molecular complexity index is 682. The lowest BCUT2D eigenvalue weighted by Gasteiger charge is -2.33. The van der Waals surface area contributed by atoms with Gasteiger partial charge in [-0.2, -0.15) is 0 Å². The van der Waals surface area contributed by atoms with Crippen LogP contribution in [-0.4, -0.2) is 60.1 Å². The number of amides is 1. The average molecular weight is 399 g/mol. The predicted octanol–water partition coefficient (Wildman–Crippen LogP) is 3.55. The maximum atomic E-state index is 12.4. The van der Waals surface area contributed by atoms with Crippen molar-refractivity contribution in [2.45, 2.75) is 12.4 Å². The van der Waals surface area contributed by atoms with Crippen LogP contribution in [0.2, 0.25) is 10.0 Å². The molecule has 0 bridgehead atoms. The van der Waals surface area contributed by atoms with E-state index in [1.807, 2.05) is 4.90 Å². The highest BCUT2D eigenvalue weighted by Crippen LogP contribution is 2.35. The number of aliphatic imine (C=N–C) groups is 1. The number of anilines is 1. The number of carbonyl (C=O) groups excluding carboxylic acids is 1. The Morgan fingerprint density at radius 2 is 2.00 bits per heavy atom. The second kappa shape index (κ2) is 8.45. The number of thioether (sulfide) groups is 1. The van der Waals surface area contributed by atoms with Gasteiger partial charge in [-0.25, -0.2) is 0 Å². The molecule has 2 heterocycles. The van der Waals surface area contributed by atoms with Crippen LogP contribution in [0.3, 0.4) is 0 Å². The topological polar surface area (TPSA) is 47.9 Å². The van der Waals surface area contributed by atoms with Gasteiger partial charge in [0.2, 0.25) is 5.91 Å². The molecule has 5 nitrogen and oxygen atoms in total. The first kappa shape index (κ1) is 18.6. The van der Waals surface area contributed by atoms with Crippen LogP contribution >= 0.6 is 35.0 Å². The van der Waals surface area contributed by atoms with Crippen molar-refractivity contribution in [1.82, 2.24) is 9.80 Å². The average Bonchev–Trinajstić information content (AvgIpc) is 3.05. The van der Waals surface area contributed by atoms with Crippen LogP contribution in [-0.2, 0) is 4.79 Å². The molecular weight excluding hydrogens is 379 g/mol. The van der Waals surface area contributed by atoms with E-state index in [2.05, 4.69) is 22.1 Å². The number of allylic oxidation sites excluding steroid dienone is 1. The molecule has 1 N–H and O–H groups in total. The maximum absolute atomic E-state index is 12.4. The Kier molecular flexibility index (Phi) is 6.28. The van der Waals surface area contributed by atoms with Crippen LogP contribution in [0, 0.1) is 0 Å². The van der Waals surface area contributed by atoms with Crippen LogP contribution in [0.1, 0.15) is 6.92 Å². The summed E-state index contributed by atoms with van der Waals surface area (Å²) in [7, 11) is 0. The van der Waals surface area contributed by atoms with Crippen LogP contribution in [0.4, 0.5) is 5.69 Å². The molecule has 0 aromatic heterocycles. The van der Waals surface area contributed by atoms with Gasteiger partial charge in [-0.05, 0) is 18.7 Å². The quantitative estimate of drug-likeness (QED) is 0.787. The van der Waals surface area contributed by atoms with Crippen LogP contribution < -0.4 is 5.32 Å². The van der Waals surface area contributed by atoms with Gasteiger partial charge in [0.15, 0.2) is 5.50 Å². The van der Waals surface area contributed by atoms with Gasteiger partial charge in [-0.15, -0.1) is 0 Å². The fourth-order valence-corrected chi connectivity index (χ4v) is 4.08. The molecule has 8 heteroatoms. The Balaban J connectivity index is 1.57. The second-order valence-corrected chi connectivity index (χ2v) is 7.76. The van der Waals surface area contributed by atoms with Crippen molar-refractivity contribution in [3.8, 4) is 0 Å². The van der Waals surface area contributed by atoms with Gasteiger partial charge in [0, 0.05) is 43.4 Å². The molecule has 1 fully saturated rings. The number of likely N-dealkylation sites (N-methyl/N-ethyl adjacent to an activating group) is 1. The van der Waals surface area contributed by atoms with E-state index < -0.39 is 0 Å². The number of nitrogens with zero attached hydrogens (tertiary/aromatic N) is 3. The zero-order chi connectivity index (χ0) is 17.8. The minimum Gasteiger partial charge on any atom is -0.353 e. The Hall–Kier alpha value is -1.21. The molecular formula is C17H20Cl2N4OS. The summed E-state index contributed by atoms with van der Waals surface area (Å²) in [5, 5.41) is 4.30. The van der Waals surface area contributed by atoms with E-state index in [-0.39, 0.29) is 11.4 Å². The normalized spacial score (nSPS) is 22.6. The molecule has 1 aromatic rings. The molecule has 1 unspecified atom stereocenters. The van der Waals surface area contributed by atoms with Gasteiger partial charge in [-0.3, -0.25) is 9.79 Å². The van der Waals surface area contributed by atoms with E-state index in [1.54, 1.807) is 30.5 Å². The molecule has 134 valence electrons. The van der Waals surface area contributed by atoms with E-state index in [0.717, 1.165) is 37.6 Å². The molecule has 1 aromatic carbocycles. The van der Waals surface area contributed by atoms with Crippen molar-refractivity contribution in [1.29, 1.82) is 0 Å². The standard InChI is InChI=1S/C17H20Cl2N4OS/c1-2-22-6-8-23(9-7-22)15(24)10-12-11-20-17(25-12)21-16-13(18)4-3-5-14(16)19/h3-5,10-11,17,21H,2,6-9H2,1H3. The fraction of sp³-hybridized carbons (Fsp3) is 0.412.